The lowest BCUT2D eigenvalue weighted by atomic mass is 9.64. The highest BCUT2D eigenvalue weighted by atomic mass is 79.9. The van der Waals surface area contributed by atoms with Crippen molar-refractivity contribution < 1.29 is 14.0 Å². The van der Waals surface area contributed by atoms with Crippen LogP contribution in [0.4, 0.5) is 0 Å². The van der Waals surface area contributed by atoms with E-state index >= 15 is 0 Å². The van der Waals surface area contributed by atoms with Gasteiger partial charge in [0, 0.05) is 22.8 Å². The van der Waals surface area contributed by atoms with Crippen molar-refractivity contribution in [3.63, 3.8) is 0 Å². The molecule has 0 aromatic heterocycles. The lowest BCUT2D eigenvalue weighted by molar-refractivity contribution is -0.124. The van der Waals surface area contributed by atoms with Crippen LogP contribution in [0.25, 0.3) is 0 Å². The van der Waals surface area contributed by atoms with E-state index in [4.69, 9.17) is 9.16 Å². The van der Waals surface area contributed by atoms with Crippen molar-refractivity contribution in [3.8, 4) is 0 Å². The van der Waals surface area contributed by atoms with Gasteiger partial charge in [0.2, 0.25) is 0 Å². The van der Waals surface area contributed by atoms with Gasteiger partial charge in [-0.1, -0.05) is 135 Å². The van der Waals surface area contributed by atoms with Crippen molar-refractivity contribution in [2.24, 2.45) is 29.1 Å². The number of halogens is 1. The summed E-state index contributed by atoms with van der Waals surface area (Å²) in [5.74, 6) is 1.92. The first kappa shape index (κ1) is 29.0. The summed E-state index contributed by atoms with van der Waals surface area (Å²) in [5.41, 5.74) is 0.885. The zero-order chi connectivity index (χ0) is 28.8. The molecular weight excluding hydrogens is 588 g/mol. The summed E-state index contributed by atoms with van der Waals surface area (Å²) in [6.07, 6.45) is 3.49. The van der Waals surface area contributed by atoms with Gasteiger partial charge in [0.1, 0.15) is 6.29 Å². The molecule has 41 heavy (non-hydrogen) atoms. The first-order chi connectivity index (χ1) is 19.7. The SMILES string of the molecule is CC(C)(C)[Si](OC[C@@H]1C[C@@H]1CO[C@H]1[C@H](Br)[C@@H]2C[C@H]1[C@](C)(C=O)[C@@H]2c1ccccc1)(c1ccccc1)c1ccccc1. The van der Waals surface area contributed by atoms with Gasteiger partial charge in [-0.15, -0.1) is 0 Å². The molecule has 3 aliphatic carbocycles. The van der Waals surface area contributed by atoms with E-state index in [1.807, 2.05) is 0 Å². The molecule has 5 heteroatoms. The summed E-state index contributed by atoms with van der Waals surface area (Å²) in [4.78, 5) is 12.8. The van der Waals surface area contributed by atoms with Gasteiger partial charge in [0.15, 0.2) is 0 Å². The van der Waals surface area contributed by atoms with E-state index in [0.717, 1.165) is 26.1 Å². The Balaban J connectivity index is 1.13. The Kier molecular flexibility index (Phi) is 7.95. The molecule has 0 aliphatic heterocycles. The van der Waals surface area contributed by atoms with E-state index in [9.17, 15) is 4.79 Å². The summed E-state index contributed by atoms with van der Waals surface area (Å²) in [6.45, 7) is 10.7. The minimum absolute atomic E-state index is 0.0164. The predicted octanol–water partition coefficient (Wildman–Crippen LogP) is 6.99. The molecule has 3 aromatic carbocycles. The third-order valence-corrected chi connectivity index (χ3v) is 16.7. The van der Waals surface area contributed by atoms with Gasteiger partial charge in [-0.05, 0) is 57.5 Å². The van der Waals surface area contributed by atoms with E-state index < -0.39 is 13.7 Å². The van der Waals surface area contributed by atoms with Crippen LogP contribution in [0.3, 0.4) is 0 Å². The Morgan fingerprint density at radius 2 is 1.39 bits per heavy atom. The molecule has 0 saturated heterocycles. The van der Waals surface area contributed by atoms with Crippen LogP contribution in [-0.2, 0) is 14.0 Å². The van der Waals surface area contributed by atoms with Crippen LogP contribution in [0, 0.1) is 29.1 Å². The van der Waals surface area contributed by atoms with E-state index in [1.165, 1.54) is 22.2 Å². The monoisotopic (exact) mass is 630 g/mol. The molecule has 0 amide bonds. The summed E-state index contributed by atoms with van der Waals surface area (Å²) >= 11 is 4.04. The Bertz CT molecular complexity index is 1290. The summed E-state index contributed by atoms with van der Waals surface area (Å²) < 4.78 is 13.9. The van der Waals surface area contributed by atoms with Gasteiger partial charge in [0.05, 0.1) is 12.7 Å². The Morgan fingerprint density at radius 1 is 0.854 bits per heavy atom. The predicted molar refractivity (Wildman–Crippen MR) is 173 cm³/mol. The first-order valence-corrected chi connectivity index (χ1v) is 18.0. The zero-order valence-corrected chi connectivity index (χ0v) is 27.3. The Morgan fingerprint density at radius 3 is 1.93 bits per heavy atom. The van der Waals surface area contributed by atoms with Crippen molar-refractivity contribution in [2.75, 3.05) is 13.2 Å². The number of carbonyl (C=O) groups is 1. The summed E-state index contributed by atoms with van der Waals surface area (Å²) in [5, 5.41) is 2.65. The quantitative estimate of drug-likeness (QED) is 0.138. The fourth-order valence-electron chi connectivity index (χ4n) is 8.22. The number of ether oxygens (including phenoxy) is 1. The second kappa shape index (κ2) is 11.2. The van der Waals surface area contributed by atoms with Crippen LogP contribution in [0.5, 0.6) is 0 Å². The van der Waals surface area contributed by atoms with Crippen LogP contribution in [0.1, 0.15) is 52.0 Å². The molecule has 0 radical (unpaired) electrons. The van der Waals surface area contributed by atoms with Crippen LogP contribution < -0.4 is 10.4 Å². The number of benzene rings is 3. The fraction of sp³-hybridized carbons (Fsp3) is 0.472. The third-order valence-electron chi connectivity index (χ3n) is 10.5. The maximum Gasteiger partial charge on any atom is 0.261 e. The van der Waals surface area contributed by atoms with Crippen molar-refractivity contribution in [1.82, 2.24) is 0 Å². The number of aldehydes is 1. The topological polar surface area (TPSA) is 35.5 Å². The van der Waals surface area contributed by atoms with E-state index in [2.05, 4.69) is 135 Å². The number of hydrogen-bond acceptors (Lipinski definition) is 3. The maximum atomic E-state index is 12.6. The van der Waals surface area contributed by atoms with Gasteiger partial charge < -0.3 is 14.0 Å². The number of alkyl halides is 1. The molecule has 3 fully saturated rings. The molecule has 6 rings (SSSR count). The minimum atomic E-state index is -2.52. The largest absolute Gasteiger partial charge is 0.407 e. The molecule has 8 atom stereocenters. The average Bonchev–Trinajstić information content (AvgIpc) is 3.56. The first-order valence-electron chi connectivity index (χ1n) is 15.2. The smallest absolute Gasteiger partial charge is 0.261 e. The molecule has 0 heterocycles. The molecule has 3 nitrogen and oxygen atoms in total. The molecular formula is C36H43BrO3Si. The molecule has 3 aromatic rings. The van der Waals surface area contributed by atoms with Crippen LogP contribution in [0.15, 0.2) is 91.0 Å². The summed E-state index contributed by atoms with van der Waals surface area (Å²) in [6, 6.07) is 32.4. The van der Waals surface area contributed by atoms with Gasteiger partial charge in [0.25, 0.3) is 8.32 Å². The van der Waals surface area contributed by atoms with Crippen LogP contribution >= 0.6 is 15.9 Å². The second-order valence-electron chi connectivity index (χ2n) is 13.9. The maximum absolute atomic E-state index is 12.6. The summed E-state index contributed by atoms with van der Waals surface area (Å²) in [7, 11) is -2.52. The van der Waals surface area contributed by atoms with Crippen molar-refractivity contribution in [1.29, 1.82) is 0 Å². The standard InChI is InChI=1S/C36H43BrO3Si/c1-35(2,3)41(28-16-10-6-11-17-28,29-18-12-7-13-19-29)40-23-27-20-26(27)22-39-34-31-21-30(33(34)37)32(36(31,4)24-38)25-14-8-5-9-15-25/h5-19,24,26-27,30-34H,20-23H2,1-4H3/t26-,27+,30-,31-,32-,33-,34-,36+/m1/s1. The number of hydrogen-bond donors (Lipinski definition) is 0. The fourth-order valence-corrected chi connectivity index (χ4v) is 13.9. The zero-order valence-electron chi connectivity index (χ0n) is 24.7. The van der Waals surface area contributed by atoms with E-state index in [1.54, 1.807) is 0 Å². The molecule has 0 unspecified atom stereocenters. The molecule has 0 N–H and O–H groups in total. The number of carbonyl (C=O) groups excluding carboxylic acids is 1. The van der Waals surface area contributed by atoms with Gasteiger partial charge in [-0.2, -0.15) is 0 Å². The molecule has 0 spiro atoms. The molecule has 3 aliphatic rings. The Labute approximate surface area is 255 Å². The van der Waals surface area contributed by atoms with Crippen molar-refractivity contribution in [2.45, 2.75) is 62.4 Å². The second-order valence-corrected chi connectivity index (χ2v) is 19.2. The van der Waals surface area contributed by atoms with Gasteiger partial charge >= 0.3 is 0 Å². The van der Waals surface area contributed by atoms with E-state index in [0.29, 0.717) is 17.8 Å². The highest BCUT2D eigenvalue weighted by Crippen LogP contribution is 2.65. The number of fused-ring (bicyclic) bond motifs is 2. The minimum Gasteiger partial charge on any atom is -0.407 e. The third kappa shape index (κ3) is 5.01. The average molecular weight is 632 g/mol. The molecule has 3 saturated carbocycles. The van der Waals surface area contributed by atoms with E-state index in [-0.39, 0.29) is 27.8 Å². The number of rotatable bonds is 10. The van der Waals surface area contributed by atoms with Gasteiger partial charge in [-0.3, -0.25) is 0 Å². The molecule has 2 bridgehead atoms. The lowest BCUT2D eigenvalue weighted by Gasteiger charge is -2.43. The highest BCUT2D eigenvalue weighted by molar-refractivity contribution is 9.09. The van der Waals surface area contributed by atoms with Gasteiger partial charge in [-0.25, -0.2) is 0 Å². The van der Waals surface area contributed by atoms with Crippen LogP contribution in [-0.4, -0.2) is 38.7 Å². The lowest BCUT2D eigenvalue weighted by Crippen LogP contribution is -2.66. The normalized spacial score (nSPS) is 32.7. The highest BCUT2D eigenvalue weighted by Gasteiger charge is 2.64. The van der Waals surface area contributed by atoms with Crippen LogP contribution in [0.2, 0.25) is 5.04 Å². The molecule has 216 valence electrons. The van der Waals surface area contributed by atoms with Crippen molar-refractivity contribution >= 4 is 40.9 Å². The Hall–Kier alpha value is -2.05. The van der Waals surface area contributed by atoms with Crippen molar-refractivity contribution in [3.05, 3.63) is 96.6 Å².